The van der Waals surface area contributed by atoms with Gasteiger partial charge in [-0.05, 0) is 29.7 Å². The molecular formula is C10H12N2S. The molecule has 0 bridgehead atoms. The number of anilines is 1. The standard InChI is InChI=1S/C10H12N2S/c11-5-8-9(6-13-10(8)12)7-3-1-2-4-7/h6-7H,1-4,12H2. The van der Waals surface area contributed by atoms with Crippen LogP contribution in [0.5, 0.6) is 0 Å². The number of nitrogen functional groups attached to an aromatic ring is 1. The van der Waals surface area contributed by atoms with E-state index in [1.807, 2.05) is 0 Å². The summed E-state index contributed by atoms with van der Waals surface area (Å²) in [4.78, 5) is 0. The minimum Gasteiger partial charge on any atom is -0.389 e. The average Bonchev–Trinajstić information content (AvgIpc) is 2.71. The second kappa shape index (κ2) is 3.39. The van der Waals surface area contributed by atoms with Crippen LogP contribution in [-0.2, 0) is 0 Å². The van der Waals surface area contributed by atoms with Crippen LogP contribution in [0.4, 0.5) is 5.00 Å². The highest BCUT2D eigenvalue weighted by molar-refractivity contribution is 7.14. The summed E-state index contributed by atoms with van der Waals surface area (Å²) < 4.78 is 0. The lowest BCUT2D eigenvalue weighted by molar-refractivity contribution is 0.724. The van der Waals surface area contributed by atoms with Gasteiger partial charge in [0.25, 0.3) is 0 Å². The van der Waals surface area contributed by atoms with Crippen molar-refractivity contribution in [3.63, 3.8) is 0 Å². The Hall–Kier alpha value is -1.01. The van der Waals surface area contributed by atoms with Crippen LogP contribution in [-0.4, -0.2) is 0 Å². The Morgan fingerprint density at radius 1 is 1.46 bits per heavy atom. The quantitative estimate of drug-likeness (QED) is 0.743. The van der Waals surface area contributed by atoms with Crippen LogP contribution in [0.15, 0.2) is 5.38 Å². The predicted molar refractivity (Wildman–Crippen MR) is 54.7 cm³/mol. The van der Waals surface area contributed by atoms with E-state index >= 15 is 0 Å². The number of thiophene rings is 1. The highest BCUT2D eigenvalue weighted by Gasteiger charge is 2.22. The van der Waals surface area contributed by atoms with E-state index in [-0.39, 0.29) is 0 Å². The molecule has 3 heteroatoms. The van der Waals surface area contributed by atoms with E-state index in [9.17, 15) is 0 Å². The fourth-order valence-corrected chi connectivity index (χ4v) is 2.89. The maximum atomic E-state index is 8.93. The lowest BCUT2D eigenvalue weighted by Gasteiger charge is -2.06. The molecule has 0 aromatic carbocycles. The molecule has 68 valence electrons. The number of nitrogens with two attached hydrogens (primary N) is 1. The van der Waals surface area contributed by atoms with Gasteiger partial charge >= 0.3 is 0 Å². The molecule has 1 saturated carbocycles. The predicted octanol–water partition coefficient (Wildman–Crippen LogP) is 2.86. The second-order valence-electron chi connectivity index (χ2n) is 3.52. The first-order chi connectivity index (χ1) is 6.33. The number of nitrogens with zero attached hydrogens (tertiary/aromatic N) is 1. The summed E-state index contributed by atoms with van der Waals surface area (Å²) in [6.45, 7) is 0. The summed E-state index contributed by atoms with van der Waals surface area (Å²) in [5, 5.41) is 11.7. The minimum absolute atomic E-state index is 0.600. The Labute approximate surface area is 82.0 Å². The van der Waals surface area contributed by atoms with Gasteiger partial charge in [-0.1, -0.05) is 12.8 Å². The van der Waals surface area contributed by atoms with E-state index < -0.39 is 0 Å². The average molecular weight is 192 g/mol. The number of rotatable bonds is 1. The summed E-state index contributed by atoms with van der Waals surface area (Å²) in [5.74, 6) is 0.600. The zero-order valence-corrected chi connectivity index (χ0v) is 8.23. The first-order valence-electron chi connectivity index (χ1n) is 4.60. The monoisotopic (exact) mass is 192 g/mol. The third-order valence-electron chi connectivity index (χ3n) is 2.75. The van der Waals surface area contributed by atoms with Crippen molar-refractivity contribution in [2.75, 3.05) is 5.73 Å². The summed E-state index contributed by atoms with van der Waals surface area (Å²) in [7, 11) is 0. The van der Waals surface area contributed by atoms with Gasteiger partial charge in [0.15, 0.2) is 0 Å². The molecule has 0 saturated heterocycles. The molecule has 1 fully saturated rings. The van der Waals surface area contributed by atoms with Crippen LogP contribution in [0, 0.1) is 11.3 Å². The molecule has 1 aromatic rings. The first-order valence-corrected chi connectivity index (χ1v) is 5.48. The van der Waals surface area contributed by atoms with Crippen molar-refractivity contribution in [1.29, 1.82) is 5.26 Å². The zero-order chi connectivity index (χ0) is 9.26. The minimum atomic E-state index is 0.600. The summed E-state index contributed by atoms with van der Waals surface area (Å²) >= 11 is 1.50. The Morgan fingerprint density at radius 2 is 2.15 bits per heavy atom. The number of nitriles is 1. The molecule has 2 N–H and O–H groups in total. The lowest BCUT2D eigenvalue weighted by atomic mass is 9.97. The highest BCUT2D eigenvalue weighted by atomic mass is 32.1. The molecule has 13 heavy (non-hydrogen) atoms. The third kappa shape index (κ3) is 1.42. The van der Waals surface area contributed by atoms with E-state index in [0.717, 1.165) is 5.56 Å². The topological polar surface area (TPSA) is 49.8 Å². The lowest BCUT2D eigenvalue weighted by Crippen LogP contribution is -1.94. The van der Waals surface area contributed by atoms with E-state index in [1.54, 1.807) is 0 Å². The number of hydrogen-bond acceptors (Lipinski definition) is 3. The van der Waals surface area contributed by atoms with Gasteiger partial charge in [0.05, 0.1) is 5.56 Å². The second-order valence-corrected chi connectivity index (χ2v) is 4.43. The van der Waals surface area contributed by atoms with Crippen LogP contribution < -0.4 is 5.73 Å². The van der Waals surface area contributed by atoms with Crippen molar-refractivity contribution in [2.45, 2.75) is 31.6 Å². The third-order valence-corrected chi connectivity index (χ3v) is 3.58. The molecular weight excluding hydrogens is 180 g/mol. The Bertz CT molecular complexity index is 342. The molecule has 2 rings (SSSR count). The van der Waals surface area contributed by atoms with Gasteiger partial charge in [-0.15, -0.1) is 11.3 Å². The van der Waals surface area contributed by atoms with Crippen molar-refractivity contribution in [2.24, 2.45) is 0 Å². The van der Waals surface area contributed by atoms with Gasteiger partial charge in [-0.3, -0.25) is 0 Å². The van der Waals surface area contributed by atoms with Gasteiger partial charge in [-0.25, -0.2) is 0 Å². The van der Waals surface area contributed by atoms with Crippen molar-refractivity contribution >= 4 is 16.3 Å². The van der Waals surface area contributed by atoms with Crippen molar-refractivity contribution < 1.29 is 0 Å². The molecule has 0 aliphatic heterocycles. The van der Waals surface area contributed by atoms with E-state index in [1.165, 1.54) is 42.6 Å². The highest BCUT2D eigenvalue weighted by Crippen LogP contribution is 2.39. The van der Waals surface area contributed by atoms with E-state index in [0.29, 0.717) is 10.9 Å². The maximum Gasteiger partial charge on any atom is 0.104 e. The van der Waals surface area contributed by atoms with Crippen molar-refractivity contribution in [3.05, 3.63) is 16.5 Å². The first kappa shape index (κ1) is 8.58. The fourth-order valence-electron chi connectivity index (χ4n) is 2.04. The van der Waals surface area contributed by atoms with Crippen molar-refractivity contribution in [3.8, 4) is 6.07 Å². The van der Waals surface area contributed by atoms with E-state index in [2.05, 4.69) is 11.4 Å². The molecule has 0 radical (unpaired) electrons. The van der Waals surface area contributed by atoms with Gasteiger partial charge in [0.2, 0.25) is 0 Å². The van der Waals surface area contributed by atoms with Crippen LogP contribution >= 0.6 is 11.3 Å². The maximum absolute atomic E-state index is 8.93. The Kier molecular flexibility index (Phi) is 2.24. The van der Waals surface area contributed by atoms with Gasteiger partial charge in [0, 0.05) is 0 Å². The molecule has 1 aliphatic carbocycles. The Balaban J connectivity index is 2.34. The van der Waals surface area contributed by atoms with E-state index in [4.69, 9.17) is 11.0 Å². The molecule has 0 amide bonds. The van der Waals surface area contributed by atoms with Crippen molar-refractivity contribution in [1.82, 2.24) is 0 Å². The molecule has 2 nitrogen and oxygen atoms in total. The molecule has 0 atom stereocenters. The van der Waals surface area contributed by atoms with Crippen LogP contribution in [0.1, 0.15) is 42.7 Å². The molecule has 1 aliphatic rings. The number of hydrogen-bond donors (Lipinski definition) is 1. The Morgan fingerprint density at radius 3 is 2.77 bits per heavy atom. The van der Waals surface area contributed by atoms with Gasteiger partial charge < -0.3 is 5.73 Å². The summed E-state index contributed by atoms with van der Waals surface area (Å²) in [6, 6.07) is 2.21. The summed E-state index contributed by atoms with van der Waals surface area (Å²) in [6.07, 6.45) is 5.05. The zero-order valence-electron chi connectivity index (χ0n) is 7.42. The smallest absolute Gasteiger partial charge is 0.104 e. The molecule has 1 aromatic heterocycles. The SMILES string of the molecule is N#Cc1c(C2CCCC2)csc1N. The van der Waals surface area contributed by atoms with Crippen LogP contribution in [0.25, 0.3) is 0 Å². The summed E-state index contributed by atoms with van der Waals surface area (Å²) in [5.41, 5.74) is 7.65. The van der Waals surface area contributed by atoms with Crippen LogP contribution in [0.3, 0.4) is 0 Å². The fraction of sp³-hybridized carbons (Fsp3) is 0.500. The normalized spacial score (nSPS) is 17.5. The largest absolute Gasteiger partial charge is 0.389 e. The van der Waals surface area contributed by atoms with Gasteiger partial charge in [0.1, 0.15) is 11.1 Å². The molecule has 0 spiro atoms. The van der Waals surface area contributed by atoms with Gasteiger partial charge in [-0.2, -0.15) is 5.26 Å². The van der Waals surface area contributed by atoms with Crippen LogP contribution in [0.2, 0.25) is 0 Å². The molecule has 0 unspecified atom stereocenters. The molecule has 1 heterocycles.